The second kappa shape index (κ2) is 9.60. The van der Waals surface area contributed by atoms with Crippen LogP contribution in [0.4, 0.5) is 9.18 Å². The molecular weight excluding hydrogens is 459 g/mol. The number of fused-ring (bicyclic) bond motifs is 1. The average molecular weight is 489 g/mol. The normalized spacial score (nSPS) is 14.7. The van der Waals surface area contributed by atoms with Crippen molar-refractivity contribution < 1.29 is 18.7 Å². The van der Waals surface area contributed by atoms with Crippen molar-refractivity contribution in [1.29, 1.82) is 0 Å². The van der Waals surface area contributed by atoms with Gasteiger partial charge in [0.15, 0.2) is 0 Å². The monoisotopic (exact) mass is 488 g/mol. The molecule has 0 atom stereocenters. The first-order valence-electron chi connectivity index (χ1n) is 12.1. The molecule has 2 aromatic carbocycles. The summed E-state index contributed by atoms with van der Waals surface area (Å²) in [6, 6.07) is 16.1. The Labute approximate surface area is 209 Å². The number of halogens is 1. The fourth-order valence-electron chi connectivity index (χ4n) is 4.44. The van der Waals surface area contributed by atoms with Crippen molar-refractivity contribution in [2.45, 2.75) is 45.1 Å². The van der Waals surface area contributed by atoms with Crippen LogP contribution in [0.5, 0.6) is 11.5 Å². The molecule has 36 heavy (non-hydrogen) atoms. The van der Waals surface area contributed by atoms with Crippen LogP contribution in [0.25, 0.3) is 22.2 Å². The van der Waals surface area contributed by atoms with E-state index in [1.54, 1.807) is 23.2 Å². The van der Waals surface area contributed by atoms with Crippen LogP contribution in [-0.2, 0) is 4.74 Å². The van der Waals surface area contributed by atoms with Crippen LogP contribution in [-0.4, -0.2) is 44.9 Å². The molecule has 1 fully saturated rings. The number of amides is 1. The van der Waals surface area contributed by atoms with Crippen molar-refractivity contribution in [3.63, 3.8) is 0 Å². The molecule has 3 heterocycles. The minimum atomic E-state index is -0.525. The first kappa shape index (κ1) is 23.8. The third-order valence-electron chi connectivity index (χ3n) is 6.19. The topological polar surface area (TPSA) is 80.3 Å². The lowest BCUT2D eigenvalue weighted by molar-refractivity contribution is 0.0204. The van der Waals surface area contributed by atoms with Gasteiger partial charge in [0.25, 0.3) is 0 Å². The summed E-state index contributed by atoms with van der Waals surface area (Å²) >= 11 is 0. The van der Waals surface area contributed by atoms with E-state index >= 15 is 4.39 Å². The van der Waals surface area contributed by atoms with Crippen molar-refractivity contribution in [3.05, 3.63) is 72.3 Å². The van der Waals surface area contributed by atoms with Gasteiger partial charge >= 0.3 is 6.09 Å². The van der Waals surface area contributed by atoms with Gasteiger partial charge in [-0.25, -0.2) is 9.18 Å². The van der Waals surface area contributed by atoms with Crippen molar-refractivity contribution in [1.82, 2.24) is 20.1 Å². The highest BCUT2D eigenvalue weighted by molar-refractivity contribution is 5.91. The highest BCUT2D eigenvalue weighted by atomic mass is 19.1. The maximum absolute atomic E-state index is 15.3. The van der Waals surface area contributed by atoms with Gasteiger partial charge in [-0.15, -0.1) is 0 Å². The predicted molar refractivity (Wildman–Crippen MR) is 136 cm³/mol. The fourth-order valence-corrected chi connectivity index (χ4v) is 4.44. The van der Waals surface area contributed by atoms with Gasteiger partial charge in [0, 0.05) is 41.7 Å². The van der Waals surface area contributed by atoms with Crippen LogP contribution in [0.1, 0.15) is 45.2 Å². The number of rotatable bonds is 4. The van der Waals surface area contributed by atoms with Crippen molar-refractivity contribution in [3.8, 4) is 22.8 Å². The Kier molecular flexibility index (Phi) is 6.35. The quantitative estimate of drug-likeness (QED) is 0.347. The van der Waals surface area contributed by atoms with Gasteiger partial charge in [0.2, 0.25) is 0 Å². The number of aromatic amines is 1. The predicted octanol–water partition coefficient (Wildman–Crippen LogP) is 6.67. The molecule has 0 aliphatic carbocycles. The van der Waals surface area contributed by atoms with Crippen molar-refractivity contribution in [2.24, 2.45) is 0 Å². The SMILES string of the molecule is CC(C)(C)OC(=O)N1CCC(c2cc3cn[nH]c3c(-c3ccc(Oc4ccccc4)cc3F)n2)CC1. The van der Waals surface area contributed by atoms with Gasteiger partial charge in [-0.3, -0.25) is 10.1 Å². The lowest BCUT2D eigenvalue weighted by Gasteiger charge is -2.33. The van der Waals surface area contributed by atoms with Gasteiger partial charge in [-0.1, -0.05) is 18.2 Å². The van der Waals surface area contributed by atoms with Crippen molar-refractivity contribution >= 4 is 17.0 Å². The number of carbonyl (C=O) groups excluding carboxylic acids is 1. The van der Waals surface area contributed by atoms with E-state index in [0.29, 0.717) is 41.4 Å². The molecule has 1 saturated heterocycles. The maximum atomic E-state index is 15.3. The number of aromatic nitrogens is 3. The van der Waals surface area contributed by atoms with E-state index in [-0.39, 0.29) is 12.0 Å². The smallest absolute Gasteiger partial charge is 0.410 e. The summed E-state index contributed by atoms with van der Waals surface area (Å²) in [6.45, 7) is 6.76. The summed E-state index contributed by atoms with van der Waals surface area (Å²) in [4.78, 5) is 19.1. The minimum Gasteiger partial charge on any atom is -0.457 e. The summed E-state index contributed by atoms with van der Waals surface area (Å²) in [5, 5.41) is 8.00. The number of nitrogens with zero attached hydrogens (tertiary/aromatic N) is 3. The average Bonchev–Trinajstić information content (AvgIpc) is 3.32. The fraction of sp³-hybridized carbons (Fsp3) is 0.321. The molecule has 5 rings (SSSR count). The number of para-hydroxylation sites is 1. The molecule has 1 aliphatic heterocycles. The standard InChI is InChI=1S/C28H29FN4O3/c1-28(2,3)36-27(34)33-13-11-18(12-14-33)24-15-19-17-30-32-25(19)26(31-24)22-10-9-21(16-23(22)29)35-20-7-5-4-6-8-20/h4-10,15-18H,11-14H2,1-3H3,(H,30,32). The van der Waals surface area contributed by atoms with E-state index in [2.05, 4.69) is 10.2 Å². The first-order valence-corrected chi connectivity index (χ1v) is 12.1. The molecule has 1 aliphatic rings. The lowest BCUT2D eigenvalue weighted by Crippen LogP contribution is -2.41. The molecule has 0 saturated carbocycles. The number of ether oxygens (including phenoxy) is 2. The largest absolute Gasteiger partial charge is 0.457 e. The molecule has 1 amide bonds. The van der Waals surface area contributed by atoms with Crippen LogP contribution >= 0.6 is 0 Å². The highest BCUT2D eigenvalue weighted by Crippen LogP contribution is 2.35. The second-order valence-electron chi connectivity index (χ2n) is 10.0. The molecule has 0 unspecified atom stereocenters. The molecule has 2 aromatic heterocycles. The molecule has 7 nitrogen and oxygen atoms in total. The van der Waals surface area contributed by atoms with E-state index in [9.17, 15) is 4.79 Å². The maximum Gasteiger partial charge on any atom is 0.410 e. The Morgan fingerprint density at radius 2 is 1.81 bits per heavy atom. The second-order valence-corrected chi connectivity index (χ2v) is 10.0. The van der Waals surface area contributed by atoms with Crippen LogP contribution in [0.2, 0.25) is 0 Å². The van der Waals surface area contributed by atoms with E-state index in [4.69, 9.17) is 14.5 Å². The van der Waals surface area contributed by atoms with Crippen LogP contribution in [0.15, 0.2) is 60.8 Å². The number of pyridine rings is 1. The minimum absolute atomic E-state index is 0.144. The number of likely N-dealkylation sites (tertiary alicyclic amines) is 1. The van der Waals surface area contributed by atoms with Crippen LogP contribution in [0, 0.1) is 5.82 Å². The number of H-pyrrole nitrogens is 1. The summed E-state index contributed by atoms with van der Waals surface area (Å²) in [5.74, 6) is 0.765. The zero-order valence-electron chi connectivity index (χ0n) is 20.6. The third kappa shape index (κ3) is 5.17. The Bertz CT molecular complexity index is 1370. The zero-order valence-corrected chi connectivity index (χ0v) is 20.6. The number of hydrogen-bond acceptors (Lipinski definition) is 5. The Morgan fingerprint density at radius 3 is 2.50 bits per heavy atom. The zero-order chi connectivity index (χ0) is 25.3. The Morgan fingerprint density at radius 1 is 1.06 bits per heavy atom. The Hall–Kier alpha value is -3.94. The molecule has 1 N–H and O–H groups in total. The lowest BCUT2D eigenvalue weighted by atomic mass is 9.92. The van der Waals surface area contributed by atoms with Crippen molar-refractivity contribution in [2.75, 3.05) is 13.1 Å². The first-order chi connectivity index (χ1) is 17.3. The molecular formula is C28H29FN4O3. The van der Waals surface area contributed by atoms with Gasteiger partial charge in [-0.05, 0) is 63.9 Å². The molecule has 0 bridgehead atoms. The molecule has 4 aromatic rings. The van der Waals surface area contributed by atoms with Gasteiger partial charge in [0.05, 0.1) is 17.4 Å². The number of piperidine rings is 1. The summed E-state index contributed by atoms with van der Waals surface area (Å²) in [7, 11) is 0. The number of carbonyl (C=O) groups is 1. The van der Waals surface area contributed by atoms with Gasteiger partial charge in [0.1, 0.15) is 22.9 Å². The van der Waals surface area contributed by atoms with Crippen LogP contribution in [0.3, 0.4) is 0 Å². The summed E-state index contributed by atoms with van der Waals surface area (Å²) < 4.78 is 26.6. The summed E-state index contributed by atoms with van der Waals surface area (Å²) in [6.07, 6.45) is 2.94. The number of hydrogen-bond donors (Lipinski definition) is 1. The summed E-state index contributed by atoms with van der Waals surface area (Å²) in [5.41, 5.74) is 1.91. The molecule has 0 spiro atoms. The van der Waals surface area contributed by atoms with E-state index in [1.807, 2.05) is 57.2 Å². The molecule has 186 valence electrons. The van der Waals surface area contributed by atoms with Gasteiger partial charge < -0.3 is 14.4 Å². The number of nitrogens with one attached hydrogen (secondary N) is 1. The Balaban J connectivity index is 1.38. The van der Waals surface area contributed by atoms with Crippen LogP contribution < -0.4 is 4.74 Å². The highest BCUT2D eigenvalue weighted by Gasteiger charge is 2.29. The van der Waals surface area contributed by atoms with Gasteiger partial charge in [-0.2, -0.15) is 5.10 Å². The van der Waals surface area contributed by atoms with E-state index in [1.165, 1.54) is 6.07 Å². The number of benzene rings is 2. The molecule has 8 heteroatoms. The molecule has 0 radical (unpaired) electrons. The third-order valence-corrected chi connectivity index (χ3v) is 6.19. The van der Waals surface area contributed by atoms with E-state index in [0.717, 1.165) is 23.9 Å². The van der Waals surface area contributed by atoms with E-state index < -0.39 is 11.4 Å².